The van der Waals surface area contributed by atoms with Gasteiger partial charge < -0.3 is 10.2 Å². The van der Waals surface area contributed by atoms with E-state index in [9.17, 15) is 4.79 Å². The summed E-state index contributed by atoms with van der Waals surface area (Å²) in [4.78, 5) is 14.9. The van der Waals surface area contributed by atoms with Gasteiger partial charge in [0.15, 0.2) is 0 Å². The van der Waals surface area contributed by atoms with Gasteiger partial charge in [0.1, 0.15) is 0 Å². The zero-order valence-corrected chi connectivity index (χ0v) is 13.8. The molecular weight excluding hydrogens is 272 g/mol. The van der Waals surface area contributed by atoms with E-state index in [1.165, 1.54) is 12.0 Å². The third-order valence-electron chi connectivity index (χ3n) is 4.96. The highest BCUT2D eigenvalue weighted by molar-refractivity contribution is 5.79. The fourth-order valence-corrected chi connectivity index (χ4v) is 3.92. The molecule has 1 aromatic carbocycles. The van der Waals surface area contributed by atoms with Crippen molar-refractivity contribution in [3.8, 4) is 0 Å². The molecule has 1 amide bonds. The average Bonchev–Trinajstić information content (AvgIpc) is 2.74. The number of benzene rings is 1. The van der Waals surface area contributed by atoms with Gasteiger partial charge in [0.05, 0.1) is 6.42 Å². The Kier molecular flexibility index (Phi) is 4.82. The Morgan fingerprint density at radius 1 is 1.14 bits per heavy atom. The molecule has 0 spiro atoms. The molecule has 0 aliphatic carbocycles. The number of nitrogens with zero attached hydrogens (tertiary/aromatic N) is 1. The minimum absolute atomic E-state index is 0.313. The Labute approximate surface area is 134 Å². The number of hydrogen-bond donors (Lipinski definition) is 1. The van der Waals surface area contributed by atoms with Crippen molar-refractivity contribution in [2.24, 2.45) is 5.92 Å². The fourth-order valence-electron chi connectivity index (χ4n) is 3.92. The van der Waals surface area contributed by atoms with Crippen molar-refractivity contribution in [1.82, 2.24) is 10.2 Å². The summed E-state index contributed by atoms with van der Waals surface area (Å²) in [6.07, 6.45) is 5.11. The van der Waals surface area contributed by atoms with Crippen LogP contribution in [0.4, 0.5) is 0 Å². The van der Waals surface area contributed by atoms with Crippen LogP contribution in [0.1, 0.15) is 44.2 Å². The first-order valence-electron chi connectivity index (χ1n) is 8.73. The molecule has 2 aliphatic heterocycles. The molecule has 0 saturated carbocycles. The number of fused-ring (bicyclic) bond motifs is 2. The highest BCUT2D eigenvalue weighted by Crippen LogP contribution is 2.28. The number of carbonyl (C=O) groups excluding carboxylic acids is 1. The lowest BCUT2D eigenvalue weighted by molar-refractivity contribution is -0.133. The van der Waals surface area contributed by atoms with Crippen molar-refractivity contribution >= 4 is 5.91 Å². The van der Waals surface area contributed by atoms with Crippen LogP contribution in [0.2, 0.25) is 0 Å². The van der Waals surface area contributed by atoms with Gasteiger partial charge in [-0.25, -0.2) is 0 Å². The molecule has 1 N–H and O–H groups in total. The number of amides is 1. The van der Waals surface area contributed by atoms with Crippen molar-refractivity contribution in [2.75, 3.05) is 13.1 Å². The summed E-state index contributed by atoms with van der Waals surface area (Å²) in [5.41, 5.74) is 2.51. The molecule has 2 fully saturated rings. The first-order valence-corrected chi connectivity index (χ1v) is 8.73. The van der Waals surface area contributed by atoms with E-state index in [0.717, 1.165) is 37.9 Å². The minimum Gasteiger partial charge on any atom is -0.335 e. The van der Waals surface area contributed by atoms with Crippen LogP contribution < -0.4 is 5.32 Å². The lowest BCUT2D eigenvalue weighted by atomic mass is 10.0. The van der Waals surface area contributed by atoms with Gasteiger partial charge in [-0.2, -0.15) is 0 Å². The van der Waals surface area contributed by atoms with E-state index in [4.69, 9.17) is 0 Å². The summed E-state index contributed by atoms with van der Waals surface area (Å²) in [7, 11) is 0. The van der Waals surface area contributed by atoms with Crippen LogP contribution in [0.5, 0.6) is 0 Å². The molecule has 2 saturated heterocycles. The number of hydrogen-bond acceptors (Lipinski definition) is 2. The minimum atomic E-state index is 0.313. The maximum absolute atomic E-state index is 12.7. The van der Waals surface area contributed by atoms with Gasteiger partial charge in [-0.15, -0.1) is 0 Å². The molecule has 0 aromatic heterocycles. The molecular formula is C19H28N2O. The molecule has 2 aliphatic rings. The largest absolute Gasteiger partial charge is 0.335 e. The van der Waals surface area contributed by atoms with Crippen molar-refractivity contribution in [2.45, 2.75) is 58.0 Å². The van der Waals surface area contributed by atoms with Crippen LogP contribution in [0.3, 0.4) is 0 Å². The Morgan fingerprint density at radius 3 is 2.55 bits per heavy atom. The summed E-state index contributed by atoms with van der Waals surface area (Å²) in [6.45, 7) is 6.49. The Hall–Kier alpha value is -1.35. The fraction of sp³-hybridized carbons (Fsp3) is 0.632. The van der Waals surface area contributed by atoms with Crippen molar-refractivity contribution < 1.29 is 4.79 Å². The molecule has 3 rings (SSSR count). The summed E-state index contributed by atoms with van der Waals surface area (Å²) in [5, 5.41) is 3.46. The van der Waals surface area contributed by atoms with E-state index in [1.807, 2.05) is 0 Å². The van der Waals surface area contributed by atoms with E-state index < -0.39 is 0 Å². The predicted molar refractivity (Wildman–Crippen MR) is 89.8 cm³/mol. The van der Waals surface area contributed by atoms with Gasteiger partial charge in [0, 0.05) is 18.6 Å². The molecule has 2 atom stereocenters. The van der Waals surface area contributed by atoms with Gasteiger partial charge in [-0.3, -0.25) is 4.79 Å². The van der Waals surface area contributed by atoms with Crippen LogP contribution in [0.25, 0.3) is 0 Å². The van der Waals surface area contributed by atoms with Crippen LogP contribution in [0.15, 0.2) is 24.3 Å². The normalized spacial score (nSPS) is 24.6. The summed E-state index contributed by atoms with van der Waals surface area (Å²) < 4.78 is 0. The second-order valence-corrected chi connectivity index (χ2v) is 7.27. The summed E-state index contributed by atoms with van der Waals surface area (Å²) in [6, 6.07) is 9.51. The van der Waals surface area contributed by atoms with Crippen LogP contribution >= 0.6 is 0 Å². The third-order valence-corrected chi connectivity index (χ3v) is 4.96. The molecule has 2 heterocycles. The van der Waals surface area contributed by atoms with Gasteiger partial charge in [0.25, 0.3) is 0 Å². The standard InChI is InChI=1S/C19H28N2O/c1-14(2)11-15-3-5-16(6-4-15)12-19(22)21-17-7-8-18(21)13-20-10-9-17/h3-6,14,17-18,20H,7-13H2,1-2H3. The van der Waals surface area contributed by atoms with E-state index in [1.54, 1.807) is 0 Å². The van der Waals surface area contributed by atoms with E-state index in [2.05, 4.69) is 48.3 Å². The van der Waals surface area contributed by atoms with Gasteiger partial charge in [0.2, 0.25) is 5.91 Å². The number of rotatable bonds is 4. The lowest BCUT2D eigenvalue weighted by Crippen LogP contribution is -2.43. The average molecular weight is 300 g/mol. The Morgan fingerprint density at radius 2 is 1.82 bits per heavy atom. The second-order valence-electron chi connectivity index (χ2n) is 7.27. The molecule has 22 heavy (non-hydrogen) atoms. The quantitative estimate of drug-likeness (QED) is 0.927. The zero-order valence-electron chi connectivity index (χ0n) is 13.8. The van der Waals surface area contributed by atoms with Gasteiger partial charge in [-0.05, 0) is 49.3 Å². The number of nitrogens with one attached hydrogen (secondary N) is 1. The van der Waals surface area contributed by atoms with Crippen LogP contribution in [-0.2, 0) is 17.6 Å². The molecule has 2 unspecified atom stereocenters. The van der Waals surface area contributed by atoms with Gasteiger partial charge >= 0.3 is 0 Å². The van der Waals surface area contributed by atoms with Crippen LogP contribution in [-0.4, -0.2) is 36.0 Å². The topological polar surface area (TPSA) is 32.3 Å². The molecule has 1 aromatic rings. The number of carbonyl (C=O) groups is 1. The maximum atomic E-state index is 12.7. The molecule has 120 valence electrons. The Bertz CT molecular complexity index is 495. The molecule has 2 bridgehead atoms. The lowest BCUT2D eigenvalue weighted by Gasteiger charge is -2.28. The van der Waals surface area contributed by atoms with Gasteiger partial charge in [-0.1, -0.05) is 38.1 Å². The van der Waals surface area contributed by atoms with E-state index in [-0.39, 0.29) is 0 Å². The first-order chi connectivity index (χ1) is 10.6. The zero-order chi connectivity index (χ0) is 15.5. The summed E-state index contributed by atoms with van der Waals surface area (Å²) >= 11 is 0. The second kappa shape index (κ2) is 6.82. The molecule has 0 radical (unpaired) electrons. The van der Waals surface area contributed by atoms with Crippen molar-refractivity contribution in [3.63, 3.8) is 0 Å². The van der Waals surface area contributed by atoms with Crippen molar-refractivity contribution in [3.05, 3.63) is 35.4 Å². The highest BCUT2D eigenvalue weighted by Gasteiger charge is 2.37. The third kappa shape index (κ3) is 3.52. The molecule has 3 nitrogen and oxygen atoms in total. The SMILES string of the molecule is CC(C)Cc1ccc(CC(=O)N2C3CCNCC2CC3)cc1. The first kappa shape index (κ1) is 15.5. The summed E-state index contributed by atoms with van der Waals surface area (Å²) in [5.74, 6) is 0.987. The monoisotopic (exact) mass is 300 g/mol. The smallest absolute Gasteiger partial charge is 0.227 e. The molecule has 3 heteroatoms. The van der Waals surface area contributed by atoms with Crippen molar-refractivity contribution in [1.29, 1.82) is 0 Å². The highest BCUT2D eigenvalue weighted by atomic mass is 16.2. The Balaban J connectivity index is 1.64. The van der Waals surface area contributed by atoms with E-state index in [0.29, 0.717) is 30.3 Å². The predicted octanol–water partition coefficient (Wildman–Crippen LogP) is 2.78. The van der Waals surface area contributed by atoms with Crippen LogP contribution in [0, 0.1) is 5.92 Å². The maximum Gasteiger partial charge on any atom is 0.227 e. The van der Waals surface area contributed by atoms with E-state index >= 15 is 0 Å².